The van der Waals surface area contributed by atoms with Crippen molar-refractivity contribution in [3.8, 4) is 17.2 Å². The molecule has 1 aromatic rings. The molecule has 0 saturated heterocycles. The molecule has 0 aliphatic carbocycles. The Morgan fingerprint density at radius 2 is 1.90 bits per heavy atom. The first-order valence-corrected chi connectivity index (χ1v) is 6.46. The van der Waals surface area contributed by atoms with Gasteiger partial charge in [0, 0.05) is 18.2 Å². The van der Waals surface area contributed by atoms with Crippen molar-refractivity contribution in [1.82, 2.24) is 5.32 Å². The van der Waals surface area contributed by atoms with Gasteiger partial charge < -0.3 is 19.5 Å². The highest BCUT2D eigenvalue weighted by atomic mass is 19.4. The highest BCUT2D eigenvalue weighted by Gasteiger charge is 2.28. The molecule has 1 heterocycles. The second-order valence-corrected chi connectivity index (χ2v) is 4.24. The van der Waals surface area contributed by atoms with Crippen LogP contribution in [0.25, 0.3) is 0 Å². The molecule has 0 aromatic heterocycles. The van der Waals surface area contributed by atoms with Crippen LogP contribution in [0.4, 0.5) is 13.2 Å². The van der Waals surface area contributed by atoms with Gasteiger partial charge >= 0.3 is 6.36 Å². The van der Waals surface area contributed by atoms with Crippen LogP contribution in [-0.4, -0.2) is 32.9 Å². The van der Waals surface area contributed by atoms with E-state index < -0.39 is 13.0 Å². The van der Waals surface area contributed by atoms with E-state index in [1.807, 2.05) is 6.92 Å². The molecule has 1 aliphatic heterocycles. The predicted molar refractivity (Wildman–Crippen MR) is 67.4 cm³/mol. The molecule has 1 aromatic carbocycles. The molecule has 0 fully saturated rings. The van der Waals surface area contributed by atoms with Crippen LogP contribution in [0.5, 0.6) is 17.2 Å². The molecule has 21 heavy (non-hydrogen) atoms. The van der Waals surface area contributed by atoms with Gasteiger partial charge in [-0.25, -0.2) is 0 Å². The summed E-state index contributed by atoms with van der Waals surface area (Å²) in [5.74, 6) is 1.56. The molecule has 0 radical (unpaired) electrons. The number of halogens is 3. The van der Waals surface area contributed by atoms with Gasteiger partial charge in [0.25, 0.3) is 0 Å². The summed E-state index contributed by atoms with van der Waals surface area (Å²) in [6, 6.07) is 3.37. The predicted octanol–water partition coefficient (Wildman–Crippen LogP) is 2.44. The second-order valence-electron chi connectivity index (χ2n) is 4.24. The zero-order valence-electron chi connectivity index (χ0n) is 11.5. The minimum absolute atomic E-state index is 0.122. The molecular weight excluding hydrogens is 291 g/mol. The maximum Gasteiger partial charge on any atom is 0.522 e. The van der Waals surface area contributed by atoms with Crippen LogP contribution in [0.1, 0.15) is 12.5 Å². The fourth-order valence-corrected chi connectivity index (χ4v) is 1.81. The van der Waals surface area contributed by atoms with Crippen molar-refractivity contribution in [3.63, 3.8) is 0 Å². The SMILES string of the molecule is CCNCc1cc2c(cc1OCCOC(F)(F)F)OCO2. The quantitative estimate of drug-likeness (QED) is 0.784. The van der Waals surface area contributed by atoms with Gasteiger partial charge in [-0.15, -0.1) is 13.2 Å². The maximum absolute atomic E-state index is 11.9. The van der Waals surface area contributed by atoms with Gasteiger partial charge in [-0.2, -0.15) is 0 Å². The van der Waals surface area contributed by atoms with Crippen molar-refractivity contribution in [1.29, 1.82) is 0 Å². The van der Waals surface area contributed by atoms with Crippen molar-refractivity contribution in [3.05, 3.63) is 17.7 Å². The van der Waals surface area contributed by atoms with Crippen LogP contribution >= 0.6 is 0 Å². The lowest BCUT2D eigenvalue weighted by Gasteiger charge is -2.13. The molecule has 0 atom stereocenters. The molecule has 0 unspecified atom stereocenters. The Morgan fingerprint density at radius 1 is 1.19 bits per heavy atom. The average Bonchev–Trinajstić information content (AvgIpc) is 2.86. The van der Waals surface area contributed by atoms with E-state index in [0.717, 1.165) is 12.1 Å². The van der Waals surface area contributed by atoms with Gasteiger partial charge in [0.2, 0.25) is 6.79 Å². The second kappa shape index (κ2) is 6.86. The minimum Gasteiger partial charge on any atom is -0.491 e. The molecule has 1 N–H and O–H groups in total. The van der Waals surface area contributed by atoms with Gasteiger partial charge in [0.1, 0.15) is 12.4 Å². The standard InChI is InChI=1S/C13H16F3NO4/c1-2-17-7-9-5-11-12(20-8-19-11)6-10(9)18-3-4-21-13(14,15)16/h5-6,17H,2-4,7-8H2,1H3. The van der Waals surface area contributed by atoms with E-state index in [9.17, 15) is 13.2 Å². The number of fused-ring (bicyclic) bond motifs is 1. The van der Waals surface area contributed by atoms with Crippen LogP contribution in [0, 0.1) is 0 Å². The summed E-state index contributed by atoms with van der Waals surface area (Å²) in [6.07, 6.45) is -4.65. The van der Waals surface area contributed by atoms with E-state index >= 15 is 0 Å². The van der Waals surface area contributed by atoms with Gasteiger partial charge in [-0.05, 0) is 12.6 Å². The van der Waals surface area contributed by atoms with Gasteiger partial charge in [0.15, 0.2) is 11.5 Å². The molecule has 8 heteroatoms. The Hall–Kier alpha value is -1.67. The van der Waals surface area contributed by atoms with Gasteiger partial charge in [-0.1, -0.05) is 6.92 Å². The number of alkyl halides is 3. The molecule has 0 amide bonds. The lowest BCUT2D eigenvalue weighted by atomic mass is 10.1. The molecule has 118 valence electrons. The van der Waals surface area contributed by atoms with Crippen LogP contribution in [0.3, 0.4) is 0 Å². The van der Waals surface area contributed by atoms with Crippen LogP contribution in [0.15, 0.2) is 12.1 Å². The molecule has 0 saturated carbocycles. The summed E-state index contributed by atoms with van der Waals surface area (Å²) < 4.78 is 55.2. The smallest absolute Gasteiger partial charge is 0.491 e. The van der Waals surface area contributed by atoms with Crippen LogP contribution < -0.4 is 19.5 Å². The van der Waals surface area contributed by atoms with Crippen molar-refractivity contribution >= 4 is 0 Å². The molecule has 1 aliphatic rings. The van der Waals surface area contributed by atoms with E-state index in [-0.39, 0.29) is 13.4 Å². The van der Waals surface area contributed by atoms with Crippen LogP contribution in [-0.2, 0) is 11.3 Å². The summed E-state index contributed by atoms with van der Waals surface area (Å²) >= 11 is 0. The fraction of sp³-hybridized carbons (Fsp3) is 0.538. The largest absolute Gasteiger partial charge is 0.522 e. The fourth-order valence-electron chi connectivity index (χ4n) is 1.81. The van der Waals surface area contributed by atoms with Crippen molar-refractivity contribution in [2.75, 3.05) is 26.6 Å². The number of rotatable bonds is 7. The van der Waals surface area contributed by atoms with Crippen LogP contribution in [0.2, 0.25) is 0 Å². The lowest BCUT2D eigenvalue weighted by molar-refractivity contribution is -0.325. The highest BCUT2D eigenvalue weighted by molar-refractivity contribution is 5.51. The van der Waals surface area contributed by atoms with E-state index in [0.29, 0.717) is 23.8 Å². The first kappa shape index (κ1) is 15.7. The normalized spacial score (nSPS) is 13.5. The Morgan fingerprint density at radius 3 is 2.57 bits per heavy atom. The molecular formula is C13H16F3NO4. The number of hydrogen-bond donors (Lipinski definition) is 1. The van der Waals surface area contributed by atoms with Crippen molar-refractivity contribution in [2.24, 2.45) is 0 Å². The Bertz CT molecular complexity index is 479. The number of hydrogen-bond acceptors (Lipinski definition) is 5. The average molecular weight is 307 g/mol. The third-order valence-electron chi connectivity index (χ3n) is 2.73. The van der Waals surface area contributed by atoms with E-state index in [2.05, 4.69) is 10.1 Å². The monoisotopic (exact) mass is 307 g/mol. The number of nitrogens with one attached hydrogen (secondary N) is 1. The molecule has 5 nitrogen and oxygen atoms in total. The zero-order chi connectivity index (χ0) is 15.3. The third kappa shape index (κ3) is 4.68. The summed E-state index contributed by atoms with van der Waals surface area (Å²) in [6.45, 7) is 2.56. The van der Waals surface area contributed by atoms with Crippen molar-refractivity contribution < 1.29 is 32.1 Å². The van der Waals surface area contributed by atoms with E-state index in [1.165, 1.54) is 0 Å². The van der Waals surface area contributed by atoms with E-state index in [1.54, 1.807) is 12.1 Å². The molecule has 2 rings (SSSR count). The Kier molecular flexibility index (Phi) is 5.13. The van der Waals surface area contributed by atoms with Gasteiger partial charge in [0.05, 0.1) is 6.61 Å². The molecule has 0 bridgehead atoms. The maximum atomic E-state index is 11.9. The topological polar surface area (TPSA) is 49.0 Å². The van der Waals surface area contributed by atoms with Gasteiger partial charge in [-0.3, -0.25) is 4.74 Å². The number of benzene rings is 1. The van der Waals surface area contributed by atoms with Crippen molar-refractivity contribution in [2.45, 2.75) is 19.8 Å². The molecule has 0 spiro atoms. The van der Waals surface area contributed by atoms with E-state index in [4.69, 9.17) is 14.2 Å². The lowest BCUT2D eigenvalue weighted by Crippen LogP contribution is -2.19. The zero-order valence-corrected chi connectivity index (χ0v) is 11.5. The Labute approximate surface area is 119 Å². The first-order chi connectivity index (χ1) is 9.99. The minimum atomic E-state index is -4.65. The summed E-state index contributed by atoms with van der Waals surface area (Å²) in [5.41, 5.74) is 0.785. The highest BCUT2D eigenvalue weighted by Crippen LogP contribution is 2.38. The third-order valence-corrected chi connectivity index (χ3v) is 2.73. The first-order valence-electron chi connectivity index (χ1n) is 6.46. The summed E-state index contributed by atoms with van der Waals surface area (Å²) in [5, 5.41) is 3.12. The number of ether oxygens (including phenoxy) is 4. The summed E-state index contributed by atoms with van der Waals surface area (Å²) in [4.78, 5) is 0. The summed E-state index contributed by atoms with van der Waals surface area (Å²) in [7, 11) is 0. The Balaban J connectivity index is 1.99.